The van der Waals surface area contributed by atoms with Gasteiger partial charge in [-0.1, -0.05) is 18.2 Å². The van der Waals surface area contributed by atoms with E-state index in [1.165, 1.54) is 13.1 Å². The lowest BCUT2D eigenvalue weighted by Gasteiger charge is -2.27. The predicted octanol–water partition coefficient (Wildman–Crippen LogP) is 3.69. The largest absolute Gasteiger partial charge is 0.479 e. The summed E-state index contributed by atoms with van der Waals surface area (Å²) in [7, 11) is -3.78. The second-order valence-corrected chi connectivity index (χ2v) is 9.25. The third-order valence-electron chi connectivity index (χ3n) is 4.73. The minimum Gasteiger partial charge on any atom is -0.479 e. The molecule has 1 amide bonds. The lowest BCUT2D eigenvalue weighted by molar-refractivity contribution is -0.121. The molecule has 35 heavy (non-hydrogen) atoms. The highest BCUT2D eigenvalue weighted by Gasteiger charge is 2.29. The second kappa shape index (κ2) is 11.7. The van der Waals surface area contributed by atoms with Gasteiger partial charge in [-0.05, 0) is 73.2 Å². The minimum absolute atomic E-state index is 0.0546. The summed E-state index contributed by atoms with van der Waals surface area (Å²) in [5.74, 6) is 1.10. The fourth-order valence-corrected chi connectivity index (χ4v) is 4.30. The molecule has 0 aliphatic rings. The Labute approximate surface area is 204 Å². The zero-order valence-electron chi connectivity index (χ0n) is 19.2. The smallest absolute Gasteiger partial charge is 0.263 e. The predicted molar refractivity (Wildman–Crippen MR) is 133 cm³/mol. The molecule has 3 rings (SSSR count). The summed E-state index contributed by atoms with van der Waals surface area (Å²) < 4.78 is 36.9. The van der Waals surface area contributed by atoms with Crippen LogP contribution in [-0.4, -0.2) is 39.4 Å². The van der Waals surface area contributed by atoms with Gasteiger partial charge in [-0.15, -0.1) is 0 Å². The molecule has 1 atom stereocenters. The number of benzene rings is 3. The molecule has 1 N–H and O–H groups in total. The minimum atomic E-state index is -3.78. The standard InChI is InChI=1S/C25H24N4O5S/c1-19(25(30)28-27-18-20-8-12-22(13-9-20)33-17-16-26)29(35(2,31)32)21-10-14-24(15-11-21)34-23-6-4-3-5-7-23/h3-15,18-19H,17H2,1-2H3,(H,28,30)/b27-18+. The Balaban J connectivity index is 1.67. The number of hydrogen-bond donors (Lipinski definition) is 1. The van der Waals surface area contributed by atoms with Crippen LogP contribution in [0.5, 0.6) is 17.2 Å². The van der Waals surface area contributed by atoms with Crippen LogP contribution < -0.4 is 19.2 Å². The van der Waals surface area contributed by atoms with Gasteiger partial charge in [-0.3, -0.25) is 9.10 Å². The number of anilines is 1. The Morgan fingerprint density at radius 1 is 1.03 bits per heavy atom. The molecular weight excluding hydrogens is 468 g/mol. The maximum Gasteiger partial charge on any atom is 0.263 e. The van der Waals surface area contributed by atoms with E-state index in [0.29, 0.717) is 28.5 Å². The quantitative estimate of drug-likeness (QED) is 0.340. The number of nitriles is 1. The first kappa shape index (κ1) is 25.3. The summed E-state index contributed by atoms with van der Waals surface area (Å²) in [6.45, 7) is 1.42. The van der Waals surface area contributed by atoms with Gasteiger partial charge in [-0.25, -0.2) is 13.8 Å². The van der Waals surface area contributed by atoms with Crippen molar-refractivity contribution in [1.82, 2.24) is 5.43 Å². The summed E-state index contributed by atoms with van der Waals surface area (Å²) in [5.41, 5.74) is 3.36. The molecule has 0 aliphatic heterocycles. The third-order valence-corrected chi connectivity index (χ3v) is 5.97. The molecule has 0 aliphatic carbocycles. The van der Waals surface area contributed by atoms with Crippen molar-refractivity contribution in [1.29, 1.82) is 5.26 Å². The van der Waals surface area contributed by atoms with Gasteiger partial charge in [0.1, 0.15) is 29.4 Å². The highest BCUT2D eigenvalue weighted by Crippen LogP contribution is 2.27. The maximum atomic E-state index is 12.7. The Kier molecular flexibility index (Phi) is 8.43. The van der Waals surface area contributed by atoms with Crippen molar-refractivity contribution in [3.8, 4) is 23.3 Å². The van der Waals surface area contributed by atoms with Gasteiger partial charge in [0.05, 0.1) is 18.2 Å². The number of para-hydroxylation sites is 1. The van der Waals surface area contributed by atoms with Gasteiger partial charge in [0, 0.05) is 0 Å². The average molecular weight is 493 g/mol. The van der Waals surface area contributed by atoms with E-state index < -0.39 is 22.0 Å². The zero-order chi connectivity index (χ0) is 25.3. The molecular formula is C25H24N4O5S. The zero-order valence-corrected chi connectivity index (χ0v) is 20.0. The van der Waals surface area contributed by atoms with Crippen molar-refractivity contribution >= 4 is 27.8 Å². The SMILES string of the molecule is CC(C(=O)N/N=C/c1ccc(OCC#N)cc1)N(c1ccc(Oc2ccccc2)cc1)S(C)(=O)=O. The van der Waals surface area contributed by atoms with Crippen molar-refractivity contribution < 1.29 is 22.7 Å². The van der Waals surface area contributed by atoms with Gasteiger partial charge in [0.2, 0.25) is 10.0 Å². The van der Waals surface area contributed by atoms with E-state index in [4.69, 9.17) is 14.7 Å². The number of rotatable bonds is 10. The number of hydrazone groups is 1. The van der Waals surface area contributed by atoms with Crippen LogP contribution in [0.15, 0.2) is 84.0 Å². The Bertz CT molecular complexity index is 1300. The molecule has 0 spiro atoms. The second-order valence-electron chi connectivity index (χ2n) is 7.39. The van der Waals surface area contributed by atoms with Crippen LogP contribution in [0.2, 0.25) is 0 Å². The molecule has 180 valence electrons. The molecule has 3 aromatic carbocycles. The van der Waals surface area contributed by atoms with Crippen molar-refractivity contribution in [3.05, 3.63) is 84.4 Å². The number of ether oxygens (including phenoxy) is 2. The Hall–Kier alpha value is -4.36. The van der Waals surface area contributed by atoms with E-state index in [1.54, 1.807) is 60.7 Å². The normalized spacial score (nSPS) is 11.9. The average Bonchev–Trinajstić information content (AvgIpc) is 2.84. The number of nitrogens with one attached hydrogen (secondary N) is 1. The van der Waals surface area contributed by atoms with Crippen LogP contribution >= 0.6 is 0 Å². The number of carbonyl (C=O) groups is 1. The Morgan fingerprint density at radius 2 is 1.63 bits per heavy atom. The van der Waals surface area contributed by atoms with E-state index >= 15 is 0 Å². The first-order chi connectivity index (χ1) is 16.8. The first-order valence-electron chi connectivity index (χ1n) is 10.5. The molecule has 0 aromatic heterocycles. The Morgan fingerprint density at radius 3 is 2.23 bits per heavy atom. The van der Waals surface area contributed by atoms with Crippen LogP contribution in [0.25, 0.3) is 0 Å². The number of amides is 1. The lowest BCUT2D eigenvalue weighted by atomic mass is 10.2. The highest BCUT2D eigenvalue weighted by molar-refractivity contribution is 7.92. The molecule has 9 nitrogen and oxygen atoms in total. The van der Waals surface area contributed by atoms with E-state index in [0.717, 1.165) is 10.6 Å². The van der Waals surface area contributed by atoms with Crippen molar-refractivity contribution in [2.75, 3.05) is 17.2 Å². The summed E-state index contributed by atoms with van der Waals surface area (Å²) in [6.07, 6.45) is 2.45. The van der Waals surface area contributed by atoms with Crippen molar-refractivity contribution in [2.24, 2.45) is 5.10 Å². The molecule has 0 saturated carbocycles. The van der Waals surface area contributed by atoms with Gasteiger partial charge >= 0.3 is 0 Å². The summed E-state index contributed by atoms with van der Waals surface area (Å²) >= 11 is 0. The molecule has 1 unspecified atom stereocenters. The van der Waals surface area contributed by atoms with Crippen molar-refractivity contribution in [3.63, 3.8) is 0 Å². The molecule has 0 fully saturated rings. The highest BCUT2D eigenvalue weighted by atomic mass is 32.2. The third kappa shape index (κ3) is 7.31. The van der Waals surface area contributed by atoms with E-state index in [1.807, 2.05) is 24.3 Å². The summed E-state index contributed by atoms with van der Waals surface area (Å²) in [4.78, 5) is 12.7. The van der Waals surface area contributed by atoms with Crippen LogP contribution in [0, 0.1) is 11.3 Å². The number of nitrogens with zero attached hydrogens (tertiary/aromatic N) is 3. The summed E-state index contributed by atoms with van der Waals surface area (Å²) in [5, 5.41) is 12.5. The number of hydrogen-bond acceptors (Lipinski definition) is 7. The number of sulfonamides is 1. The molecule has 0 bridgehead atoms. The van der Waals surface area contributed by atoms with Crippen LogP contribution in [0.1, 0.15) is 12.5 Å². The monoisotopic (exact) mass is 492 g/mol. The van der Waals surface area contributed by atoms with Gasteiger partial charge < -0.3 is 9.47 Å². The van der Waals surface area contributed by atoms with Gasteiger partial charge in [0.25, 0.3) is 5.91 Å². The first-order valence-corrected chi connectivity index (χ1v) is 12.4. The molecule has 10 heteroatoms. The topological polar surface area (TPSA) is 121 Å². The number of carbonyl (C=O) groups excluding carboxylic acids is 1. The lowest BCUT2D eigenvalue weighted by Crippen LogP contribution is -2.46. The van der Waals surface area contributed by atoms with Crippen molar-refractivity contribution in [2.45, 2.75) is 13.0 Å². The van der Waals surface area contributed by atoms with Gasteiger partial charge in [-0.2, -0.15) is 10.4 Å². The van der Waals surface area contributed by atoms with E-state index in [9.17, 15) is 13.2 Å². The van der Waals surface area contributed by atoms with Crippen LogP contribution in [-0.2, 0) is 14.8 Å². The maximum absolute atomic E-state index is 12.7. The van der Waals surface area contributed by atoms with Crippen LogP contribution in [0.3, 0.4) is 0 Å². The molecule has 0 heterocycles. The fraction of sp³-hybridized carbons (Fsp3) is 0.160. The molecule has 0 radical (unpaired) electrons. The van der Waals surface area contributed by atoms with Gasteiger partial charge in [0.15, 0.2) is 6.61 Å². The summed E-state index contributed by atoms with van der Waals surface area (Å²) in [6, 6.07) is 23.1. The van der Waals surface area contributed by atoms with Crippen LogP contribution in [0.4, 0.5) is 5.69 Å². The molecule has 3 aromatic rings. The molecule has 0 saturated heterocycles. The van der Waals surface area contributed by atoms with E-state index in [-0.39, 0.29) is 6.61 Å². The van der Waals surface area contributed by atoms with E-state index in [2.05, 4.69) is 10.5 Å². The fourth-order valence-electron chi connectivity index (χ4n) is 3.12.